The van der Waals surface area contributed by atoms with E-state index in [2.05, 4.69) is 22.5 Å². The average Bonchev–Trinajstić information content (AvgIpc) is 3.11. The van der Waals surface area contributed by atoms with Crippen LogP contribution >= 0.6 is 0 Å². The Morgan fingerprint density at radius 1 is 1.44 bits per heavy atom. The maximum Gasteiger partial charge on any atom is 0.234 e. The summed E-state index contributed by atoms with van der Waals surface area (Å²) in [6.45, 7) is 5.83. The first kappa shape index (κ1) is 11.9. The molecule has 16 heavy (non-hydrogen) atoms. The van der Waals surface area contributed by atoms with E-state index in [0.717, 1.165) is 19.6 Å². The van der Waals surface area contributed by atoms with Gasteiger partial charge in [-0.05, 0) is 38.8 Å². The number of amides is 1. The third kappa shape index (κ3) is 3.46. The van der Waals surface area contributed by atoms with Crippen LogP contribution in [0.3, 0.4) is 0 Å². The monoisotopic (exact) mass is 225 g/mol. The van der Waals surface area contributed by atoms with Gasteiger partial charge in [0.05, 0.1) is 6.54 Å². The lowest BCUT2D eigenvalue weighted by Crippen LogP contribution is -2.49. The Balaban J connectivity index is 1.76. The van der Waals surface area contributed by atoms with Gasteiger partial charge in [-0.2, -0.15) is 0 Å². The van der Waals surface area contributed by atoms with E-state index in [4.69, 9.17) is 0 Å². The number of carbonyl (C=O) groups is 1. The molecule has 0 bridgehead atoms. The molecule has 1 aliphatic carbocycles. The van der Waals surface area contributed by atoms with Crippen LogP contribution < -0.4 is 10.6 Å². The second-order valence-corrected chi connectivity index (χ2v) is 4.91. The van der Waals surface area contributed by atoms with E-state index >= 15 is 0 Å². The molecule has 0 spiro atoms. The molecule has 4 nitrogen and oxygen atoms in total. The molecule has 2 fully saturated rings. The first-order chi connectivity index (χ1) is 7.79. The quantitative estimate of drug-likeness (QED) is 0.709. The summed E-state index contributed by atoms with van der Waals surface area (Å²) in [6.07, 6.45) is 4.79. The Hall–Kier alpha value is -0.610. The van der Waals surface area contributed by atoms with Gasteiger partial charge in [-0.1, -0.05) is 6.92 Å². The zero-order chi connectivity index (χ0) is 11.4. The number of piperidine rings is 1. The molecular formula is C12H23N3O. The number of rotatable bonds is 5. The van der Waals surface area contributed by atoms with Crippen molar-refractivity contribution in [1.82, 2.24) is 15.5 Å². The Morgan fingerprint density at radius 2 is 2.25 bits per heavy atom. The van der Waals surface area contributed by atoms with Crippen molar-refractivity contribution in [2.75, 3.05) is 26.2 Å². The van der Waals surface area contributed by atoms with Crippen molar-refractivity contribution in [3.8, 4) is 0 Å². The number of nitrogens with one attached hydrogen (secondary N) is 2. The lowest BCUT2D eigenvalue weighted by molar-refractivity contribution is -0.123. The highest BCUT2D eigenvalue weighted by Crippen LogP contribution is 2.18. The molecular weight excluding hydrogens is 202 g/mol. The van der Waals surface area contributed by atoms with Crippen molar-refractivity contribution in [1.29, 1.82) is 0 Å². The summed E-state index contributed by atoms with van der Waals surface area (Å²) >= 11 is 0. The third-order valence-electron chi connectivity index (χ3n) is 3.48. The molecule has 0 aromatic rings. The van der Waals surface area contributed by atoms with Crippen molar-refractivity contribution in [2.45, 2.75) is 44.7 Å². The molecule has 92 valence electrons. The lowest BCUT2D eigenvalue weighted by atomic mass is 10.1. The average molecular weight is 225 g/mol. The second kappa shape index (κ2) is 5.64. The molecule has 2 rings (SSSR count). The van der Waals surface area contributed by atoms with Crippen LogP contribution in [-0.4, -0.2) is 49.1 Å². The van der Waals surface area contributed by atoms with Gasteiger partial charge in [0.1, 0.15) is 0 Å². The maximum atomic E-state index is 11.7. The summed E-state index contributed by atoms with van der Waals surface area (Å²) in [5.41, 5.74) is 0. The highest BCUT2D eigenvalue weighted by Gasteiger charge is 2.26. The van der Waals surface area contributed by atoms with E-state index in [9.17, 15) is 4.79 Å². The van der Waals surface area contributed by atoms with Crippen molar-refractivity contribution in [3.63, 3.8) is 0 Å². The van der Waals surface area contributed by atoms with Gasteiger partial charge in [-0.25, -0.2) is 0 Å². The lowest BCUT2D eigenvalue weighted by Gasteiger charge is -2.33. The summed E-state index contributed by atoms with van der Waals surface area (Å²) < 4.78 is 0. The molecule has 2 N–H and O–H groups in total. The van der Waals surface area contributed by atoms with Crippen molar-refractivity contribution in [2.24, 2.45) is 0 Å². The Labute approximate surface area is 97.8 Å². The number of hydrogen-bond acceptors (Lipinski definition) is 3. The van der Waals surface area contributed by atoms with E-state index in [0.29, 0.717) is 18.6 Å². The van der Waals surface area contributed by atoms with Gasteiger partial charge in [0.2, 0.25) is 5.91 Å². The van der Waals surface area contributed by atoms with Crippen molar-refractivity contribution in [3.05, 3.63) is 0 Å². The van der Waals surface area contributed by atoms with Crippen LogP contribution in [0.5, 0.6) is 0 Å². The smallest absolute Gasteiger partial charge is 0.234 e. The first-order valence-electron chi connectivity index (χ1n) is 6.53. The largest absolute Gasteiger partial charge is 0.352 e. The molecule has 0 radical (unpaired) electrons. The standard InChI is InChI=1S/C12H23N3O/c1-2-15(11-4-3-7-13-8-11)9-12(16)14-10-5-6-10/h10-11,13H,2-9H2,1H3,(H,14,16). The van der Waals surface area contributed by atoms with Crippen LogP contribution in [0, 0.1) is 0 Å². The zero-order valence-corrected chi connectivity index (χ0v) is 10.2. The fraction of sp³-hybridized carbons (Fsp3) is 0.917. The van der Waals surface area contributed by atoms with Crippen LogP contribution in [0.4, 0.5) is 0 Å². The molecule has 1 aliphatic heterocycles. The SMILES string of the molecule is CCN(CC(=O)NC1CC1)C1CCCNC1. The first-order valence-corrected chi connectivity index (χ1v) is 6.53. The Kier molecular flexibility index (Phi) is 4.18. The summed E-state index contributed by atoms with van der Waals surface area (Å²) in [4.78, 5) is 14.0. The number of hydrogen-bond donors (Lipinski definition) is 2. The Morgan fingerprint density at radius 3 is 2.81 bits per heavy atom. The minimum Gasteiger partial charge on any atom is -0.352 e. The Bertz CT molecular complexity index is 234. The highest BCUT2D eigenvalue weighted by atomic mass is 16.2. The van der Waals surface area contributed by atoms with Crippen LogP contribution in [-0.2, 0) is 4.79 Å². The van der Waals surface area contributed by atoms with Gasteiger partial charge in [-0.3, -0.25) is 9.69 Å². The van der Waals surface area contributed by atoms with E-state index in [1.165, 1.54) is 25.7 Å². The van der Waals surface area contributed by atoms with E-state index in [1.807, 2.05) is 0 Å². The fourth-order valence-corrected chi connectivity index (χ4v) is 2.33. The van der Waals surface area contributed by atoms with E-state index in [-0.39, 0.29) is 5.91 Å². The minimum absolute atomic E-state index is 0.204. The summed E-state index contributed by atoms with van der Waals surface area (Å²) in [5.74, 6) is 0.204. The molecule has 0 aromatic carbocycles. The molecule has 4 heteroatoms. The number of carbonyl (C=O) groups excluding carboxylic acids is 1. The van der Waals surface area contributed by atoms with Gasteiger partial charge in [0.15, 0.2) is 0 Å². The third-order valence-corrected chi connectivity index (χ3v) is 3.48. The topological polar surface area (TPSA) is 44.4 Å². The second-order valence-electron chi connectivity index (χ2n) is 4.91. The van der Waals surface area contributed by atoms with Crippen molar-refractivity contribution >= 4 is 5.91 Å². The summed E-state index contributed by atoms with van der Waals surface area (Å²) in [5, 5.41) is 6.46. The molecule has 1 unspecified atom stereocenters. The molecule has 1 heterocycles. The van der Waals surface area contributed by atoms with Gasteiger partial charge in [0, 0.05) is 18.6 Å². The number of nitrogens with zero attached hydrogens (tertiary/aromatic N) is 1. The van der Waals surface area contributed by atoms with Crippen molar-refractivity contribution < 1.29 is 4.79 Å². The minimum atomic E-state index is 0.204. The fourth-order valence-electron chi connectivity index (χ4n) is 2.33. The molecule has 1 amide bonds. The molecule has 1 saturated heterocycles. The van der Waals surface area contributed by atoms with Crippen LogP contribution in [0.25, 0.3) is 0 Å². The van der Waals surface area contributed by atoms with Crippen LogP contribution in [0.1, 0.15) is 32.6 Å². The highest BCUT2D eigenvalue weighted by molar-refractivity contribution is 5.78. The van der Waals surface area contributed by atoms with Gasteiger partial charge in [-0.15, -0.1) is 0 Å². The van der Waals surface area contributed by atoms with E-state index in [1.54, 1.807) is 0 Å². The van der Waals surface area contributed by atoms with Gasteiger partial charge >= 0.3 is 0 Å². The normalized spacial score (nSPS) is 25.8. The zero-order valence-electron chi connectivity index (χ0n) is 10.2. The van der Waals surface area contributed by atoms with Gasteiger partial charge in [0.25, 0.3) is 0 Å². The molecule has 1 saturated carbocycles. The van der Waals surface area contributed by atoms with Gasteiger partial charge < -0.3 is 10.6 Å². The van der Waals surface area contributed by atoms with Crippen LogP contribution in [0.2, 0.25) is 0 Å². The molecule has 2 aliphatic rings. The van der Waals surface area contributed by atoms with E-state index < -0.39 is 0 Å². The molecule has 1 atom stereocenters. The molecule has 0 aromatic heterocycles. The predicted octanol–water partition coefficient (Wildman–Crippen LogP) is 0.339. The summed E-state index contributed by atoms with van der Waals surface area (Å²) in [7, 11) is 0. The maximum absolute atomic E-state index is 11.7. The predicted molar refractivity (Wildman–Crippen MR) is 64.3 cm³/mol. The summed E-state index contributed by atoms with van der Waals surface area (Å²) in [6, 6.07) is 1.03. The number of likely N-dealkylation sites (N-methyl/N-ethyl adjacent to an activating group) is 1. The van der Waals surface area contributed by atoms with Crippen LogP contribution in [0.15, 0.2) is 0 Å².